The van der Waals surface area contributed by atoms with E-state index in [1.54, 1.807) is 11.3 Å². The standard InChI is InChI=1S/C15H20NS/c1-4-12(2)15-7-5-14(6-8-15)9-16-11-17-10-13(16)3/h5-8,10-12H,4,9H2,1-3H3/q+1. The van der Waals surface area contributed by atoms with Crippen molar-refractivity contribution in [1.82, 2.24) is 0 Å². The van der Waals surface area contributed by atoms with E-state index in [1.165, 1.54) is 23.2 Å². The SMILES string of the molecule is CCC(C)c1ccc(C[n+]2cscc2C)cc1. The third-order valence-electron chi connectivity index (χ3n) is 3.39. The molecule has 0 bridgehead atoms. The first-order valence-corrected chi connectivity index (χ1v) is 7.16. The molecule has 2 heteroatoms. The lowest BCUT2D eigenvalue weighted by Gasteiger charge is -2.08. The van der Waals surface area contributed by atoms with Crippen LogP contribution in [0.25, 0.3) is 0 Å². The van der Waals surface area contributed by atoms with Crippen LogP contribution in [-0.2, 0) is 6.54 Å². The van der Waals surface area contributed by atoms with E-state index in [0.717, 1.165) is 6.54 Å². The second-order valence-electron chi connectivity index (χ2n) is 4.68. The summed E-state index contributed by atoms with van der Waals surface area (Å²) in [5.74, 6) is 0.666. The van der Waals surface area contributed by atoms with Crippen molar-refractivity contribution in [3.8, 4) is 0 Å². The van der Waals surface area contributed by atoms with E-state index in [-0.39, 0.29) is 0 Å². The predicted molar refractivity (Wildman–Crippen MR) is 73.5 cm³/mol. The molecule has 0 radical (unpaired) electrons. The molecule has 1 atom stereocenters. The van der Waals surface area contributed by atoms with Gasteiger partial charge in [0.05, 0.1) is 5.38 Å². The minimum atomic E-state index is 0.666. The lowest BCUT2D eigenvalue weighted by Crippen LogP contribution is -2.34. The van der Waals surface area contributed by atoms with Gasteiger partial charge in [0.15, 0.2) is 12.2 Å². The first kappa shape index (κ1) is 12.3. The number of nitrogens with zero attached hydrogens (tertiary/aromatic N) is 1. The Hall–Kier alpha value is -1.15. The molecule has 0 saturated carbocycles. The van der Waals surface area contributed by atoms with E-state index in [1.807, 2.05) is 0 Å². The first-order chi connectivity index (χ1) is 8.20. The van der Waals surface area contributed by atoms with Crippen LogP contribution in [0.2, 0.25) is 0 Å². The fourth-order valence-electron chi connectivity index (χ4n) is 1.90. The summed E-state index contributed by atoms with van der Waals surface area (Å²) in [5, 5.41) is 2.19. The maximum absolute atomic E-state index is 2.29. The minimum Gasteiger partial charge on any atom is -0.189 e. The Morgan fingerprint density at radius 1 is 1.24 bits per heavy atom. The Labute approximate surface area is 108 Å². The zero-order valence-electron chi connectivity index (χ0n) is 10.8. The molecule has 17 heavy (non-hydrogen) atoms. The molecule has 0 saturated heterocycles. The first-order valence-electron chi connectivity index (χ1n) is 6.21. The Morgan fingerprint density at radius 2 is 1.94 bits per heavy atom. The molecule has 1 heterocycles. The molecule has 0 aliphatic heterocycles. The minimum absolute atomic E-state index is 0.666. The van der Waals surface area contributed by atoms with Crippen LogP contribution in [0.5, 0.6) is 0 Å². The molecule has 0 spiro atoms. The van der Waals surface area contributed by atoms with Crippen LogP contribution in [0.15, 0.2) is 35.2 Å². The van der Waals surface area contributed by atoms with Crippen molar-refractivity contribution in [2.24, 2.45) is 0 Å². The van der Waals surface area contributed by atoms with Gasteiger partial charge in [0.1, 0.15) is 0 Å². The summed E-state index contributed by atoms with van der Waals surface area (Å²) in [7, 11) is 0. The molecule has 1 aromatic carbocycles. The third-order valence-corrected chi connectivity index (χ3v) is 4.25. The normalized spacial score (nSPS) is 12.6. The van der Waals surface area contributed by atoms with Crippen molar-refractivity contribution in [2.45, 2.75) is 39.7 Å². The van der Waals surface area contributed by atoms with E-state index < -0.39 is 0 Å². The number of hydrogen-bond donors (Lipinski definition) is 0. The van der Waals surface area contributed by atoms with Gasteiger partial charge in [0.2, 0.25) is 5.51 Å². The van der Waals surface area contributed by atoms with E-state index in [0.29, 0.717) is 5.92 Å². The van der Waals surface area contributed by atoms with Gasteiger partial charge in [-0.05, 0) is 17.9 Å². The molecule has 0 fully saturated rings. The summed E-state index contributed by atoms with van der Waals surface area (Å²) in [4.78, 5) is 0. The van der Waals surface area contributed by atoms with Crippen molar-refractivity contribution < 1.29 is 4.57 Å². The van der Waals surface area contributed by atoms with Gasteiger partial charge < -0.3 is 0 Å². The molecule has 0 aliphatic rings. The maximum Gasteiger partial charge on any atom is 0.225 e. The Kier molecular flexibility index (Phi) is 3.95. The molecule has 2 aromatic rings. The predicted octanol–water partition coefficient (Wildman–Crippen LogP) is 3.91. The van der Waals surface area contributed by atoms with E-state index in [4.69, 9.17) is 0 Å². The average Bonchev–Trinajstić information content (AvgIpc) is 2.75. The number of aryl methyl sites for hydroxylation is 1. The van der Waals surface area contributed by atoms with Crippen LogP contribution >= 0.6 is 11.3 Å². The van der Waals surface area contributed by atoms with Crippen LogP contribution in [0.3, 0.4) is 0 Å². The fraction of sp³-hybridized carbons (Fsp3) is 0.400. The van der Waals surface area contributed by atoms with Gasteiger partial charge in [-0.1, -0.05) is 49.4 Å². The van der Waals surface area contributed by atoms with Crippen LogP contribution in [-0.4, -0.2) is 0 Å². The van der Waals surface area contributed by atoms with Gasteiger partial charge in [0, 0.05) is 12.5 Å². The average molecular weight is 246 g/mol. The summed E-state index contributed by atoms with van der Waals surface area (Å²) >= 11 is 1.76. The van der Waals surface area contributed by atoms with E-state index in [9.17, 15) is 0 Å². The van der Waals surface area contributed by atoms with E-state index >= 15 is 0 Å². The number of hydrogen-bond acceptors (Lipinski definition) is 1. The number of benzene rings is 1. The second-order valence-corrected chi connectivity index (χ2v) is 5.40. The molecule has 0 N–H and O–H groups in total. The lowest BCUT2D eigenvalue weighted by atomic mass is 9.98. The number of thiazole rings is 1. The maximum atomic E-state index is 2.29. The molecule has 1 unspecified atom stereocenters. The van der Waals surface area contributed by atoms with Crippen LogP contribution in [0, 0.1) is 6.92 Å². The zero-order valence-corrected chi connectivity index (χ0v) is 11.6. The van der Waals surface area contributed by atoms with Crippen molar-refractivity contribution in [3.63, 3.8) is 0 Å². The third kappa shape index (κ3) is 2.95. The molecule has 0 aliphatic carbocycles. The summed E-state index contributed by atoms with van der Waals surface area (Å²) in [6, 6.07) is 9.05. The molecule has 0 amide bonds. The molecule has 1 aromatic heterocycles. The highest BCUT2D eigenvalue weighted by atomic mass is 32.1. The Bertz CT molecular complexity index is 470. The summed E-state index contributed by atoms with van der Waals surface area (Å²) in [5.41, 5.74) is 6.34. The van der Waals surface area contributed by atoms with Gasteiger partial charge in [-0.15, -0.1) is 0 Å². The molecule has 2 rings (SSSR count). The van der Waals surface area contributed by atoms with Crippen molar-refractivity contribution in [3.05, 3.63) is 52.0 Å². The highest BCUT2D eigenvalue weighted by molar-refractivity contribution is 7.07. The fourth-order valence-corrected chi connectivity index (χ4v) is 2.68. The monoisotopic (exact) mass is 246 g/mol. The second kappa shape index (κ2) is 5.46. The smallest absolute Gasteiger partial charge is 0.189 e. The quantitative estimate of drug-likeness (QED) is 0.720. The topological polar surface area (TPSA) is 3.88 Å². The Morgan fingerprint density at radius 3 is 2.47 bits per heavy atom. The van der Waals surface area contributed by atoms with Gasteiger partial charge >= 0.3 is 0 Å². The highest BCUT2D eigenvalue weighted by Crippen LogP contribution is 2.18. The summed E-state index contributed by atoms with van der Waals surface area (Å²) < 4.78 is 2.29. The lowest BCUT2D eigenvalue weighted by molar-refractivity contribution is -0.689. The summed E-state index contributed by atoms with van der Waals surface area (Å²) in [6.07, 6.45) is 1.21. The number of rotatable bonds is 4. The van der Waals surface area contributed by atoms with Crippen molar-refractivity contribution >= 4 is 11.3 Å². The van der Waals surface area contributed by atoms with Gasteiger partial charge in [-0.25, -0.2) is 0 Å². The highest BCUT2D eigenvalue weighted by Gasteiger charge is 2.08. The largest absolute Gasteiger partial charge is 0.225 e. The van der Waals surface area contributed by atoms with Gasteiger partial charge in [-0.3, -0.25) is 0 Å². The summed E-state index contributed by atoms with van der Waals surface area (Å²) in [6.45, 7) is 7.66. The molecular weight excluding hydrogens is 226 g/mol. The van der Waals surface area contributed by atoms with Crippen molar-refractivity contribution in [2.75, 3.05) is 0 Å². The molecule has 90 valence electrons. The molecule has 1 nitrogen and oxygen atoms in total. The zero-order chi connectivity index (χ0) is 12.3. The van der Waals surface area contributed by atoms with Gasteiger partial charge in [-0.2, -0.15) is 4.57 Å². The Balaban J connectivity index is 2.11. The van der Waals surface area contributed by atoms with Crippen LogP contribution in [0.1, 0.15) is 43.0 Å². The number of aromatic nitrogens is 1. The molecular formula is C15H20NS+. The van der Waals surface area contributed by atoms with Gasteiger partial charge in [0.25, 0.3) is 0 Å². The van der Waals surface area contributed by atoms with E-state index in [2.05, 4.69) is 60.5 Å². The van der Waals surface area contributed by atoms with Crippen LogP contribution in [0.4, 0.5) is 0 Å². The van der Waals surface area contributed by atoms with Crippen LogP contribution < -0.4 is 4.57 Å². The van der Waals surface area contributed by atoms with Crippen molar-refractivity contribution in [1.29, 1.82) is 0 Å².